The van der Waals surface area contributed by atoms with Gasteiger partial charge in [-0.25, -0.2) is 4.79 Å². The summed E-state index contributed by atoms with van der Waals surface area (Å²) in [5.74, 6) is 0.813. The van der Waals surface area contributed by atoms with Crippen LogP contribution in [-0.2, 0) is 11.3 Å². The number of carbonyl (C=O) groups is 1. The van der Waals surface area contributed by atoms with Crippen LogP contribution in [0.5, 0.6) is 11.5 Å². The van der Waals surface area contributed by atoms with Crippen molar-refractivity contribution in [3.63, 3.8) is 0 Å². The fraction of sp³-hybridized carbons (Fsp3) is 0.0500. The van der Waals surface area contributed by atoms with Gasteiger partial charge in [-0.1, -0.05) is 12.1 Å². The van der Waals surface area contributed by atoms with Crippen molar-refractivity contribution in [3.05, 3.63) is 89.7 Å². The molecule has 0 saturated carbocycles. The van der Waals surface area contributed by atoms with Gasteiger partial charge in [-0.2, -0.15) is 5.26 Å². The molecular formula is C20H14N2O3. The number of aromatic nitrogens is 1. The molecule has 5 heteroatoms. The second-order valence-electron chi connectivity index (χ2n) is 5.20. The highest BCUT2D eigenvalue weighted by atomic mass is 16.5. The predicted octanol–water partition coefficient (Wildman–Crippen LogP) is 4.10. The van der Waals surface area contributed by atoms with Gasteiger partial charge in [-0.05, 0) is 54.1 Å². The third kappa shape index (κ3) is 4.43. The van der Waals surface area contributed by atoms with Crippen molar-refractivity contribution in [2.45, 2.75) is 6.61 Å². The number of rotatable bonds is 5. The first kappa shape index (κ1) is 16.2. The number of carbonyl (C=O) groups excluding carboxylic acids is 1. The maximum absolute atomic E-state index is 12.1. The largest absolute Gasteiger partial charge is 0.457 e. The summed E-state index contributed by atoms with van der Waals surface area (Å²) in [7, 11) is 0. The highest BCUT2D eigenvalue weighted by Crippen LogP contribution is 2.20. The van der Waals surface area contributed by atoms with Gasteiger partial charge in [0.25, 0.3) is 0 Å². The molecule has 0 aliphatic rings. The Kier molecular flexibility index (Phi) is 5.03. The van der Waals surface area contributed by atoms with E-state index in [4.69, 9.17) is 14.7 Å². The molecule has 0 bridgehead atoms. The van der Waals surface area contributed by atoms with Gasteiger partial charge in [0.15, 0.2) is 0 Å². The van der Waals surface area contributed by atoms with Crippen molar-refractivity contribution < 1.29 is 14.3 Å². The minimum atomic E-state index is -0.419. The molecule has 1 heterocycles. The van der Waals surface area contributed by atoms with E-state index < -0.39 is 5.97 Å². The van der Waals surface area contributed by atoms with Crippen molar-refractivity contribution >= 4 is 5.97 Å². The summed E-state index contributed by atoms with van der Waals surface area (Å²) in [6, 6.07) is 19.2. The Morgan fingerprint density at radius 2 is 1.76 bits per heavy atom. The van der Waals surface area contributed by atoms with E-state index in [1.807, 2.05) is 6.07 Å². The summed E-state index contributed by atoms with van der Waals surface area (Å²) >= 11 is 0. The van der Waals surface area contributed by atoms with Crippen molar-refractivity contribution in [3.8, 4) is 17.6 Å². The number of ether oxygens (including phenoxy) is 2. The molecule has 0 atom stereocenters. The van der Waals surface area contributed by atoms with Gasteiger partial charge < -0.3 is 9.47 Å². The average Bonchev–Trinajstić information content (AvgIpc) is 2.68. The second-order valence-corrected chi connectivity index (χ2v) is 5.20. The lowest BCUT2D eigenvalue weighted by atomic mass is 10.1. The van der Waals surface area contributed by atoms with Crippen LogP contribution in [0.2, 0.25) is 0 Å². The fourth-order valence-electron chi connectivity index (χ4n) is 2.11. The van der Waals surface area contributed by atoms with Crippen LogP contribution in [-0.4, -0.2) is 11.0 Å². The zero-order valence-corrected chi connectivity index (χ0v) is 13.3. The van der Waals surface area contributed by atoms with Gasteiger partial charge in [0.2, 0.25) is 0 Å². The van der Waals surface area contributed by atoms with Gasteiger partial charge in [-0.15, -0.1) is 0 Å². The van der Waals surface area contributed by atoms with Crippen LogP contribution in [0.15, 0.2) is 73.1 Å². The molecule has 0 radical (unpaired) electrons. The first-order valence-electron chi connectivity index (χ1n) is 7.59. The highest BCUT2D eigenvalue weighted by molar-refractivity contribution is 5.89. The SMILES string of the molecule is N#Cc1ccc(COC(=O)c2ccc(Oc3cccnc3)cc2)cc1. The zero-order chi connectivity index (χ0) is 17.5. The van der Waals surface area contributed by atoms with Gasteiger partial charge in [-0.3, -0.25) is 4.98 Å². The Bertz CT molecular complexity index is 883. The number of esters is 1. The Morgan fingerprint density at radius 3 is 2.40 bits per heavy atom. The second kappa shape index (κ2) is 7.75. The lowest BCUT2D eigenvalue weighted by Gasteiger charge is -2.07. The molecular weight excluding hydrogens is 316 g/mol. The minimum absolute atomic E-state index is 0.151. The van der Waals surface area contributed by atoms with E-state index in [0.717, 1.165) is 5.56 Å². The van der Waals surface area contributed by atoms with E-state index in [9.17, 15) is 4.79 Å². The monoisotopic (exact) mass is 330 g/mol. The Hall–Kier alpha value is -3.65. The summed E-state index contributed by atoms with van der Waals surface area (Å²) in [5.41, 5.74) is 1.83. The molecule has 3 aromatic rings. The van der Waals surface area contributed by atoms with Gasteiger partial charge >= 0.3 is 5.97 Å². The third-order valence-electron chi connectivity index (χ3n) is 3.41. The van der Waals surface area contributed by atoms with Gasteiger partial charge in [0, 0.05) is 6.20 Å². The van der Waals surface area contributed by atoms with E-state index in [2.05, 4.69) is 4.98 Å². The smallest absolute Gasteiger partial charge is 0.338 e. The Morgan fingerprint density at radius 1 is 1.00 bits per heavy atom. The molecule has 122 valence electrons. The molecule has 0 unspecified atom stereocenters. The van der Waals surface area contributed by atoms with Crippen LogP contribution in [0.3, 0.4) is 0 Å². The number of pyridine rings is 1. The van der Waals surface area contributed by atoms with Crippen LogP contribution >= 0.6 is 0 Å². The molecule has 3 rings (SSSR count). The molecule has 0 N–H and O–H groups in total. The molecule has 1 aromatic heterocycles. The Balaban J connectivity index is 1.57. The summed E-state index contributed by atoms with van der Waals surface area (Å²) in [4.78, 5) is 16.1. The maximum atomic E-state index is 12.1. The number of hydrogen-bond donors (Lipinski definition) is 0. The Labute approximate surface area is 145 Å². The number of benzene rings is 2. The van der Waals surface area contributed by atoms with Crippen LogP contribution in [0.4, 0.5) is 0 Å². The fourth-order valence-corrected chi connectivity index (χ4v) is 2.11. The van der Waals surface area contributed by atoms with E-state index >= 15 is 0 Å². The van der Waals surface area contributed by atoms with Crippen LogP contribution in [0.25, 0.3) is 0 Å². The number of nitrogens with zero attached hydrogens (tertiary/aromatic N) is 2. The van der Waals surface area contributed by atoms with E-state index in [1.54, 1.807) is 73.1 Å². The lowest BCUT2D eigenvalue weighted by molar-refractivity contribution is 0.0472. The first-order chi connectivity index (χ1) is 12.2. The van der Waals surface area contributed by atoms with Gasteiger partial charge in [0.1, 0.15) is 18.1 Å². The normalized spacial score (nSPS) is 9.88. The van der Waals surface area contributed by atoms with E-state index in [1.165, 1.54) is 0 Å². The summed E-state index contributed by atoms with van der Waals surface area (Å²) in [5, 5.41) is 8.76. The summed E-state index contributed by atoms with van der Waals surface area (Å²) < 4.78 is 10.9. The molecule has 0 saturated heterocycles. The van der Waals surface area contributed by atoms with Gasteiger partial charge in [0.05, 0.1) is 23.4 Å². The highest BCUT2D eigenvalue weighted by Gasteiger charge is 2.08. The molecule has 0 aliphatic heterocycles. The lowest BCUT2D eigenvalue weighted by Crippen LogP contribution is -2.05. The van der Waals surface area contributed by atoms with E-state index in [0.29, 0.717) is 22.6 Å². The molecule has 0 fully saturated rings. The predicted molar refractivity (Wildman–Crippen MR) is 91.0 cm³/mol. The average molecular weight is 330 g/mol. The molecule has 0 spiro atoms. The quantitative estimate of drug-likeness (QED) is 0.659. The molecule has 0 amide bonds. The topological polar surface area (TPSA) is 72.2 Å². The van der Waals surface area contributed by atoms with Crippen molar-refractivity contribution in [1.82, 2.24) is 4.98 Å². The van der Waals surface area contributed by atoms with E-state index in [-0.39, 0.29) is 6.61 Å². The van der Waals surface area contributed by atoms with Crippen LogP contribution < -0.4 is 4.74 Å². The summed E-state index contributed by atoms with van der Waals surface area (Å²) in [6.07, 6.45) is 3.28. The zero-order valence-electron chi connectivity index (χ0n) is 13.3. The van der Waals surface area contributed by atoms with Crippen molar-refractivity contribution in [2.24, 2.45) is 0 Å². The number of nitriles is 1. The van der Waals surface area contributed by atoms with Crippen molar-refractivity contribution in [1.29, 1.82) is 5.26 Å². The third-order valence-corrected chi connectivity index (χ3v) is 3.41. The minimum Gasteiger partial charge on any atom is -0.457 e. The summed E-state index contributed by atoms with van der Waals surface area (Å²) in [6.45, 7) is 0.151. The van der Waals surface area contributed by atoms with Crippen LogP contribution in [0.1, 0.15) is 21.5 Å². The van der Waals surface area contributed by atoms with Crippen LogP contribution in [0, 0.1) is 11.3 Å². The standard InChI is InChI=1S/C20H14N2O3/c21-12-15-3-5-16(6-4-15)14-24-20(23)17-7-9-18(10-8-17)25-19-2-1-11-22-13-19/h1-11,13H,14H2. The number of hydrogen-bond acceptors (Lipinski definition) is 5. The molecule has 25 heavy (non-hydrogen) atoms. The molecule has 2 aromatic carbocycles. The molecule has 0 aliphatic carbocycles. The molecule has 5 nitrogen and oxygen atoms in total. The first-order valence-corrected chi connectivity index (χ1v) is 7.59. The maximum Gasteiger partial charge on any atom is 0.338 e. The van der Waals surface area contributed by atoms with Crippen molar-refractivity contribution in [2.75, 3.05) is 0 Å².